The van der Waals surface area contributed by atoms with Crippen molar-refractivity contribution in [2.24, 2.45) is 0 Å². The minimum Gasteiger partial charge on any atom is -0.493 e. The number of aromatic nitrogens is 2. The van der Waals surface area contributed by atoms with Crippen LogP contribution in [0.15, 0.2) is 24.3 Å². The predicted octanol–water partition coefficient (Wildman–Crippen LogP) is 9.05. The van der Waals surface area contributed by atoms with Gasteiger partial charge in [-0.15, -0.1) is 0 Å². The Morgan fingerprint density at radius 2 is 1.32 bits per heavy atom. The molecule has 0 aliphatic rings. The highest BCUT2D eigenvalue weighted by atomic mass is 19.4. The number of hydrogen-bond donors (Lipinski definition) is 1. The summed E-state index contributed by atoms with van der Waals surface area (Å²) in [5.74, 6) is -2.04. The second-order valence-corrected chi connectivity index (χ2v) is 9.71. The summed E-state index contributed by atoms with van der Waals surface area (Å²) in [4.78, 5) is 14.3. The van der Waals surface area contributed by atoms with Crippen LogP contribution < -0.4 is 4.74 Å². The summed E-state index contributed by atoms with van der Waals surface area (Å²) in [7, 11) is 0. The van der Waals surface area contributed by atoms with Crippen molar-refractivity contribution in [1.29, 1.82) is 0 Å². The van der Waals surface area contributed by atoms with Crippen LogP contribution in [0.2, 0.25) is 0 Å². The SMILES string of the molecule is CCCCCCCCCCCCCCCCCCOc1ccccc1-n1c(C(F)(F)F)nc(C=O)c1O. The first kappa shape index (κ1) is 30.7. The molecule has 1 N–H and O–H groups in total. The summed E-state index contributed by atoms with van der Waals surface area (Å²) in [5, 5.41) is 10.2. The zero-order valence-electron chi connectivity index (χ0n) is 22.2. The van der Waals surface area contributed by atoms with Gasteiger partial charge >= 0.3 is 6.18 Å². The molecule has 1 aromatic carbocycles. The molecule has 208 valence electrons. The van der Waals surface area contributed by atoms with Crippen LogP contribution in [0, 0.1) is 0 Å². The fraction of sp³-hybridized carbons (Fsp3) is 0.655. The molecule has 0 aliphatic carbocycles. The molecular weight excluding hydrogens is 481 g/mol. The first-order valence-corrected chi connectivity index (χ1v) is 14.0. The fourth-order valence-corrected chi connectivity index (χ4v) is 4.52. The number of halogens is 3. The number of nitrogens with zero attached hydrogens (tertiary/aromatic N) is 2. The Morgan fingerprint density at radius 1 is 0.838 bits per heavy atom. The maximum absolute atomic E-state index is 13.5. The Hall–Kier alpha value is -2.51. The topological polar surface area (TPSA) is 64.4 Å². The zero-order chi connectivity index (χ0) is 26.9. The van der Waals surface area contributed by atoms with Crippen molar-refractivity contribution in [3.63, 3.8) is 0 Å². The van der Waals surface area contributed by atoms with Gasteiger partial charge in [0.1, 0.15) is 5.75 Å². The third kappa shape index (κ3) is 10.8. The lowest BCUT2D eigenvalue weighted by molar-refractivity contribution is -0.146. The van der Waals surface area contributed by atoms with Crippen LogP contribution in [0.4, 0.5) is 13.2 Å². The average Bonchev–Trinajstić information content (AvgIpc) is 3.22. The van der Waals surface area contributed by atoms with Crippen molar-refractivity contribution in [2.75, 3.05) is 6.61 Å². The molecule has 1 aromatic heterocycles. The first-order chi connectivity index (χ1) is 17.9. The van der Waals surface area contributed by atoms with Crippen molar-refractivity contribution < 1.29 is 27.8 Å². The standard InChI is InChI=1S/C29H43F3N2O3/c1-2-3-4-5-6-7-8-9-10-11-12-13-14-15-16-19-22-37-26-21-18-17-20-25(26)34-27(36)24(23-35)33-28(34)29(30,31)32/h17-18,20-21,23,36H,2-16,19,22H2,1H3. The van der Waals surface area contributed by atoms with E-state index in [9.17, 15) is 23.1 Å². The Balaban J connectivity index is 1.63. The Morgan fingerprint density at radius 3 is 1.81 bits per heavy atom. The number of rotatable bonds is 20. The third-order valence-electron chi connectivity index (χ3n) is 6.61. The molecule has 0 unspecified atom stereocenters. The van der Waals surface area contributed by atoms with Crippen LogP contribution in [0.5, 0.6) is 11.6 Å². The van der Waals surface area contributed by atoms with Gasteiger partial charge in [0.25, 0.3) is 0 Å². The van der Waals surface area contributed by atoms with E-state index >= 15 is 0 Å². The molecule has 1 heterocycles. The molecule has 8 heteroatoms. The molecule has 0 radical (unpaired) electrons. The lowest BCUT2D eigenvalue weighted by Gasteiger charge is -2.15. The second-order valence-electron chi connectivity index (χ2n) is 9.71. The highest BCUT2D eigenvalue weighted by Crippen LogP contribution is 2.37. The molecular formula is C29H43F3N2O3. The van der Waals surface area contributed by atoms with E-state index in [0.29, 0.717) is 11.2 Å². The van der Waals surface area contributed by atoms with Crippen LogP contribution in [0.25, 0.3) is 5.69 Å². The molecule has 0 aliphatic heterocycles. The van der Waals surface area contributed by atoms with E-state index in [-0.39, 0.29) is 17.7 Å². The molecule has 0 fully saturated rings. The summed E-state index contributed by atoms with van der Waals surface area (Å²) < 4.78 is 46.7. The van der Waals surface area contributed by atoms with E-state index in [1.54, 1.807) is 12.1 Å². The van der Waals surface area contributed by atoms with E-state index in [1.807, 2.05) is 0 Å². The van der Waals surface area contributed by atoms with Crippen molar-refractivity contribution in [3.05, 3.63) is 35.8 Å². The number of ether oxygens (including phenoxy) is 1. The van der Waals surface area contributed by atoms with Crippen LogP contribution in [0.3, 0.4) is 0 Å². The molecule has 0 spiro atoms. The lowest BCUT2D eigenvalue weighted by Crippen LogP contribution is -2.14. The molecule has 37 heavy (non-hydrogen) atoms. The van der Waals surface area contributed by atoms with Crippen LogP contribution in [0.1, 0.15) is 126 Å². The normalized spacial score (nSPS) is 11.7. The molecule has 0 bridgehead atoms. The number of alkyl halides is 3. The van der Waals surface area contributed by atoms with E-state index < -0.39 is 23.6 Å². The molecule has 0 atom stereocenters. The second kappa shape index (κ2) is 17.1. The van der Waals surface area contributed by atoms with Gasteiger partial charge in [-0.05, 0) is 18.6 Å². The smallest absolute Gasteiger partial charge is 0.450 e. The Bertz CT molecular complexity index is 912. The molecule has 0 saturated carbocycles. The van der Waals surface area contributed by atoms with Gasteiger partial charge in [0.15, 0.2) is 12.0 Å². The maximum atomic E-state index is 13.5. The van der Waals surface area contributed by atoms with Gasteiger partial charge in [-0.25, -0.2) is 4.98 Å². The molecule has 0 saturated heterocycles. The minimum absolute atomic E-state index is 0.00980. The first-order valence-electron chi connectivity index (χ1n) is 14.0. The average molecular weight is 525 g/mol. The molecule has 0 amide bonds. The van der Waals surface area contributed by atoms with E-state index in [1.165, 1.54) is 95.6 Å². The summed E-state index contributed by atoms with van der Waals surface area (Å²) in [6.45, 7) is 2.61. The van der Waals surface area contributed by atoms with Gasteiger partial charge in [0.2, 0.25) is 11.7 Å². The van der Waals surface area contributed by atoms with Gasteiger partial charge in [-0.3, -0.25) is 9.36 Å². The lowest BCUT2D eigenvalue weighted by atomic mass is 10.0. The highest BCUT2D eigenvalue weighted by molar-refractivity contribution is 5.76. The van der Waals surface area contributed by atoms with Crippen LogP contribution >= 0.6 is 0 Å². The number of carbonyl (C=O) groups is 1. The van der Waals surface area contributed by atoms with Crippen molar-refractivity contribution in [1.82, 2.24) is 9.55 Å². The maximum Gasteiger partial charge on any atom is 0.450 e. The summed E-state index contributed by atoms with van der Waals surface area (Å²) in [6.07, 6.45) is 15.4. The van der Waals surface area contributed by atoms with Crippen molar-refractivity contribution in [2.45, 2.75) is 116 Å². The molecule has 2 aromatic rings. The fourth-order valence-electron chi connectivity index (χ4n) is 4.52. The van der Waals surface area contributed by atoms with Crippen molar-refractivity contribution >= 4 is 6.29 Å². The number of unbranched alkanes of at least 4 members (excludes halogenated alkanes) is 15. The summed E-state index contributed by atoms with van der Waals surface area (Å²) >= 11 is 0. The number of aldehydes is 1. The predicted molar refractivity (Wildman–Crippen MR) is 141 cm³/mol. The van der Waals surface area contributed by atoms with E-state index in [0.717, 1.165) is 19.3 Å². The zero-order valence-corrected chi connectivity index (χ0v) is 22.2. The Labute approximate surface area is 219 Å². The van der Waals surface area contributed by atoms with Gasteiger partial charge in [0, 0.05) is 0 Å². The van der Waals surface area contributed by atoms with Crippen molar-refractivity contribution in [3.8, 4) is 17.3 Å². The number of carbonyl (C=O) groups excluding carboxylic acids is 1. The largest absolute Gasteiger partial charge is 0.493 e. The number of hydrogen-bond acceptors (Lipinski definition) is 4. The minimum atomic E-state index is -4.85. The van der Waals surface area contributed by atoms with Gasteiger partial charge in [0.05, 0.1) is 12.3 Å². The third-order valence-corrected chi connectivity index (χ3v) is 6.61. The van der Waals surface area contributed by atoms with Gasteiger partial charge < -0.3 is 9.84 Å². The number of para-hydroxylation sites is 2. The van der Waals surface area contributed by atoms with Crippen LogP contribution in [-0.2, 0) is 6.18 Å². The monoisotopic (exact) mass is 524 g/mol. The Kier molecular flexibility index (Phi) is 14.2. The number of aromatic hydroxyl groups is 1. The summed E-state index contributed by atoms with van der Waals surface area (Å²) in [5.41, 5.74) is -0.677. The quantitative estimate of drug-likeness (QED) is 0.139. The molecule has 2 rings (SSSR count). The highest BCUT2D eigenvalue weighted by Gasteiger charge is 2.40. The molecule has 5 nitrogen and oxygen atoms in total. The number of imidazole rings is 1. The van der Waals surface area contributed by atoms with E-state index in [4.69, 9.17) is 4.74 Å². The van der Waals surface area contributed by atoms with Gasteiger partial charge in [-0.2, -0.15) is 13.2 Å². The summed E-state index contributed by atoms with van der Waals surface area (Å²) in [6, 6.07) is 6.13. The number of benzene rings is 1. The van der Waals surface area contributed by atoms with E-state index in [2.05, 4.69) is 11.9 Å². The van der Waals surface area contributed by atoms with Crippen LogP contribution in [-0.4, -0.2) is 27.6 Å². The van der Waals surface area contributed by atoms with Gasteiger partial charge in [-0.1, -0.05) is 115 Å².